The van der Waals surface area contributed by atoms with Crippen molar-refractivity contribution in [3.8, 4) is 0 Å². The molecule has 0 aliphatic rings. The van der Waals surface area contributed by atoms with Crippen LogP contribution < -0.4 is 10.6 Å². The van der Waals surface area contributed by atoms with Crippen molar-refractivity contribution < 1.29 is 32.3 Å². The summed E-state index contributed by atoms with van der Waals surface area (Å²) < 4.78 is 43.1. The SMILES string of the molecule is Cc1cc(Br)ccc1NC(=O)CNC(=O)COC(=O)c1ccc(C(F)(F)F)cc1. The van der Waals surface area contributed by atoms with E-state index in [4.69, 9.17) is 4.74 Å². The van der Waals surface area contributed by atoms with Crippen molar-refractivity contribution in [2.45, 2.75) is 13.1 Å². The van der Waals surface area contributed by atoms with Crippen molar-refractivity contribution in [2.75, 3.05) is 18.5 Å². The van der Waals surface area contributed by atoms with Crippen LogP contribution in [-0.2, 0) is 20.5 Å². The molecule has 29 heavy (non-hydrogen) atoms. The molecule has 0 aliphatic carbocycles. The molecule has 2 N–H and O–H groups in total. The van der Waals surface area contributed by atoms with Gasteiger partial charge in [-0.3, -0.25) is 9.59 Å². The number of aryl methyl sites for hydroxylation is 1. The van der Waals surface area contributed by atoms with E-state index in [1.54, 1.807) is 19.1 Å². The average molecular weight is 473 g/mol. The number of benzene rings is 2. The number of carbonyl (C=O) groups excluding carboxylic acids is 3. The van der Waals surface area contributed by atoms with E-state index in [1.165, 1.54) is 0 Å². The number of amides is 2. The number of halogens is 4. The number of anilines is 1. The molecule has 0 spiro atoms. The summed E-state index contributed by atoms with van der Waals surface area (Å²) in [5.41, 5.74) is 0.374. The minimum atomic E-state index is -4.52. The predicted molar refractivity (Wildman–Crippen MR) is 102 cm³/mol. The van der Waals surface area contributed by atoms with Crippen LogP contribution in [0.2, 0.25) is 0 Å². The van der Waals surface area contributed by atoms with E-state index >= 15 is 0 Å². The lowest BCUT2D eigenvalue weighted by molar-refractivity contribution is -0.137. The molecule has 2 rings (SSSR count). The molecule has 0 heterocycles. The number of hydrogen-bond donors (Lipinski definition) is 2. The minimum Gasteiger partial charge on any atom is -0.452 e. The highest BCUT2D eigenvalue weighted by atomic mass is 79.9. The van der Waals surface area contributed by atoms with Crippen LogP contribution in [0.3, 0.4) is 0 Å². The quantitative estimate of drug-likeness (QED) is 0.628. The van der Waals surface area contributed by atoms with Crippen molar-refractivity contribution >= 4 is 39.4 Å². The maximum absolute atomic E-state index is 12.5. The van der Waals surface area contributed by atoms with Gasteiger partial charge in [-0.25, -0.2) is 4.79 Å². The Balaban J connectivity index is 1.77. The van der Waals surface area contributed by atoms with E-state index < -0.39 is 36.1 Å². The molecule has 0 aromatic heterocycles. The zero-order chi connectivity index (χ0) is 21.6. The molecule has 2 aromatic carbocycles. The highest BCUT2D eigenvalue weighted by Crippen LogP contribution is 2.29. The van der Waals surface area contributed by atoms with Gasteiger partial charge in [0.2, 0.25) is 5.91 Å². The van der Waals surface area contributed by atoms with Gasteiger partial charge in [-0.2, -0.15) is 13.2 Å². The molecule has 0 aliphatic heterocycles. The van der Waals surface area contributed by atoms with Crippen LogP contribution in [-0.4, -0.2) is 30.9 Å². The van der Waals surface area contributed by atoms with Gasteiger partial charge in [0.15, 0.2) is 6.61 Å². The average Bonchev–Trinajstić information content (AvgIpc) is 2.66. The number of carbonyl (C=O) groups is 3. The molecule has 2 aromatic rings. The first-order chi connectivity index (χ1) is 13.6. The highest BCUT2D eigenvalue weighted by Gasteiger charge is 2.30. The van der Waals surface area contributed by atoms with E-state index in [0.717, 1.165) is 34.3 Å². The Labute approximate surface area is 172 Å². The van der Waals surface area contributed by atoms with Crippen LogP contribution in [0.5, 0.6) is 0 Å². The van der Waals surface area contributed by atoms with Crippen molar-refractivity contribution in [1.82, 2.24) is 5.32 Å². The van der Waals surface area contributed by atoms with Gasteiger partial charge < -0.3 is 15.4 Å². The first kappa shape index (κ1) is 22.4. The van der Waals surface area contributed by atoms with E-state index in [9.17, 15) is 27.6 Å². The molecule has 154 valence electrons. The number of ether oxygens (including phenoxy) is 1. The lowest BCUT2D eigenvalue weighted by atomic mass is 10.1. The van der Waals surface area contributed by atoms with Crippen molar-refractivity contribution in [3.63, 3.8) is 0 Å². The standard InChI is InChI=1S/C19H16BrF3N2O4/c1-11-8-14(20)6-7-15(11)25-16(26)9-24-17(27)10-29-18(28)12-2-4-13(5-3-12)19(21,22)23/h2-8H,9-10H2,1H3,(H,24,27)(H,25,26). The van der Waals surface area contributed by atoms with E-state index in [2.05, 4.69) is 26.6 Å². The lowest BCUT2D eigenvalue weighted by Gasteiger charge is -2.10. The second-order valence-electron chi connectivity index (χ2n) is 5.94. The fraction of sp³-hybridized carbons (Fsp3) is 0.211. The van der Waals surface area contributed by atoms with Gasteiger partial charge in [-0.15, -0.1) is 0 Å². The summed E-state index contributed by atoms with van der Waals surface area (Å²) in [6.45, 7) is 0.788. The zero-order valence-corrected chi connectivity index (χ0v) is 16.7. The summed E-state index contributed by atoms with van der Waals surface area (Å²) in [5.74, 6) is -2.16. The van der Waals surface area contributed by atoms with Crippen LogP contribution in [0.4, 0.5) is 18.9 Å². The summed E-state index contributed by atoms with van der Waals surface area (Å²) in [5, 5.41) is 4.91. The number of hydrogen-bond acceptors (Lipinski definition) is 4. The Hall–Kier alpha value is -2.88. The maximum Gasteiger partial charge on any atom is 0.416 e. The molecule has 0 bridgehead atoms. The topological polar surface area (TPSA) is 84.5 Å². The Bertz CT molecular complexity index is 915. The monoisotopic (exact) mass is 472 g/mol. The number of alkyl halides is 3. The largest absolute Gasteiger partial charge is 0.452 e. The zero-order valence-electron chi connectivity index (χ0n) is 15.1. The first-order valence-corrected chi connectivity index (χ1v) is 9.02. The molecule has 0 saturated carbocycles. The Morgan fingerprint density at radius 1 is 1.03 bits per heavy atom. The molecular weight excluding hydrogens is 457 g/mol. The molecule has 0 fully saturated rings. The van der Waals surface area contributed by atoms with Crippen LogP contribution in [0.1, 0.15) is 21.5 Å². The van der Waals surface area contributed by atoms with Crippen LogP contribution >= 0.6 is 15.9 Å². The van der Waals surface area contributed by atoms with E-state index in [1.807, 2.05) is 6.07 Å². The van der Waals surface area contributed by atoms with Gasteiger partial charge in [0, 0.05) is 10.2 Å². The van der Waals surface area contributed by atoms with Crippen LogP contribution in [0, 0.1) is 6.92 Å². The summed E-state index contributed by atoms with van der Waals surface area (Å²) >= 11 is 3.31. The third-order valence-electron chi connectivity index (χ3n) is 3.69. The molecular formula is C19H16BrF3N2O4. The number of esters is 1. The molecule has 6 nitrogen and oxygen atoms in total. The Morgan fingerprint density at radius 2 is 1.69 bits per heavy atom. The first-order valence-electron chi connectivity index (χ1n) is 8.23. The van der Waals surface area contributed by atoms with Gasteiger partial charge in [0.25, 0.3) is 5.91 Å². The fourth-order valence-corrected chi connectivity index (χ4v) is 2.68. The summed E-state index contributed by atoms with van der Waals surface area (Å²) in [6, 6.07) is 8.66. The summed E-state index contributed by atoms with van der Waals surface area (Å²) in [6.07, 6.45) is -4.52. The predicted octanol–water partition coefficient (Wildman–Crippen LogP) is 3.69. The number of rotatable bonds is 6. The molecule has 10 heteroatoms. The van der Waals surface area contributed by atoms with Crippen molar-refractivity contribution in [3.05, 3.63) is 63.6 Å². The van der Waals surface area contributed by atoms with Gasteiger partial charge in [-0.1, -0.05) is 15.9 Å². The molecule has 0 unspecified atom stereocenters. The second kappa shape index (κ2) is 9.55. The third-order valence-corrected chi connectivity index (χ3v) is 4.18. The van der Waals surface area contributed by atoms with Gasteiger partial charge in [-0.05, 0) is 55.0 Å². The highest BCUT2D eigenvalue weighted by molar-refractivity contribution is 9.10. The molecule has 0 atom stereocenters. The minimum absolute atomic E-state index is 0.130. The normalized spacial score (nSPS) is 10.9. The van der Waals surface area contributed by atoms with E-state index in [0.29, 0.717) is 5.69 Å². The molecule has 0 saturated heterocycles. The Kier molecular flexibility index (Phi) is 7.38. The summed E-state index contributed by atoms with van der Waals surface area (Å²) in [7, 11) is 0. The lowest BCUT2D eigenvalue weighted by Crippen LogP contribution is -2.35. The van der Waals surface area contributed by atoms with Gasteiger partial charge in [0.05, 0.1) is 17.7 Å². The smallest absolute Gasteiger partial charge is 0.416 e. The third kappa shape index (κ3) is 6.90. The number of nitrogens with one attached hydrogen (secondary N) is 2. The van der Waals surface area contributed by atoms with Crippen LogP contribution in [0.15, 0.2) is 46.9 Å². The molecule has 0 radical (unpaired) electrons. The van der Waals surface area contributed by atoms with Crippen molar-refractivity contribution in [1.29, 1.82) is 0 Å². The Morgan fingerprint density at radius 3 is 2.28 bits per heavy atom. The second-order valence-corrected chi connectivity index (χ2v) is 6.85. The maximum atomic E-state index is 12.5. The summed E-state index contributed by atoms with van der Waals surface area (Å²) in [4.78, 5) is 35.4. The fourth-order valence-electron chi connectivity index (χ4n) is 2.20. The van der Waals surface area contributed by atoms with Gasteiger partial charge >= 0.3 is 12.1 Å². The van der Waals surface area contributed by atoms with Crippen LogP contribution in [0.25, 0.3) is 0 Å². The van der Waals surface area contributed by atoms with E-state index in [-0.39, 0.29) is 12.1 Å². The van der Waals surface area contributed by atoms with Gasteiger partial charge in [0.1, 0.15) is 0 Å². The molecule has 2 amide bonds. The van der Waals surface area contributed by atoms with Crippen molar-refractivity contribution in [2.24, 2.45) is 0 Å².